The summed E-state index contributed by atoms with van der Waals surface area (Å²) < 4.78 is 10.9. The third kappa shape index (κ3) is 3.22. The maximum atomic E-state index is 5.53. The summed E-state index contributed by atoms with van der Waals surface area (Å²) in [5, 5.41) is 7.46. The molecule has 0 saturated carbocycles. The molecule has 1 aliphatic heterocycles. The van der Waals surface area contributed by atoms with Crippen molar-refractivity contribution in [2.75, 3.05) is 27.3 Å². The first-order valence-corrected chi connectivity index (χ1v) is 8.86. The van der Waals surface area contributed by atoms with Crippen LogP contribution < -0.4 is 9.47 Å². The van der Waals surface area contributed by atoms with E-state index in [0.29, 0.717) is 11.6 Å². The summed E-state index contributed by atoms with van der Waals surface area (Å²) in [5.41, 5.74) is 3.81. The fourth-order valence-electron chi connectivity index (χ4n) is 3.73. The van der Waals surface area contributed by atoms with Crippen LogP contribution in [-0.4, -0.2) is 52.4 Å². The Balaban J connectivity index is 1.54. The Labute approximate surface area is 152 Å². The van der Waals surface area contributed by atoms with Crippen LogP contribution in [0.4, 0.5) is 0 Å². The third-order valence-corrected chi connectivity index (χ3v) is 5.01. The normalized spacial score (nSPS) is 18.2. The van der Waals surface area contributed by atoms with Crippen LogP contribution in [0.15, 0.2) is 30.6 Å². The monoisotopic (exact) mass is 353 g/mol. The van der Waals surface area contributed by atoms with Crippen LogP contribution in [0.5, 0.6) is 11.5 Å². The molecule has 3 aromatic rings. The van der Waals surface area contributed by atoms with Gasteiger partial charge in [0.15, 0.2) is 5.65 Å². The van der Waals surface area contributed by atoms with Crippen molar-refractivity contribution in [1.82, 2.24) is 25.1 Å². The summed E-state index contributed by atoms with van der Waals surface area (Å²) in [4.78, 5) is 11.2. The Hall–Kier alpha value is -2.67. The standard InChI is InChI=1S/C19H23N5O2/c1-25-15-5-6-16(26-2)14(10-15)12-24-9-3-4-13(11-24)17-18-19(23-22-17)21-8-7-20-18/h5-8,10,13H,3-4,9,11-12H2,1-2H3,(H,21,22,23). The van der Waals surface area contributed by atoms with Gasteiger partial charge in [0.25, 0.3) is 0 Å². The minimum atomic E-state index is 0.377. The lowest BCUT2D eigenvalue weighted by Crippen LogP contribution is -2.34. The zero-order valence-corrected chi connectivity index (χ0v) is 15.1. The number of rotatable bonds is 5. The average molecular weight is 353 g/mol. The molecule has 4 rings (SSSR count). The van der Waals surface area contributed by atoms with Crippen molar-refractivity contribution in [3.8, 4) is 11.5 Å². The zero-order valence-electron chi connectivity index (χ0n) is 15.1. The Kier molecular flexibility index (Phi) is 4.71. The van der Waals surface area contributed by atoms with Gasteiger partial charge in [-0.25, -0.2) is 9.97 Å². The van der Waals surface area contributed by atoms with Crippen LogP contribution in [0.2, 0.25) is 0 Å². The number of fused-ring (bicyclic) bond motifs is 1. The topological polar surface area (TPSA) is 76.2 Å². The number of H-pyrrole nitrogens is 1. The van der Waals surface area contributed by atoms with Crippen LogP contribution in [0, 0.1) is 0 Å². The fraction of sp³-hybridized carbons (Fsp3) is 0.421. The Bertz CT molecular complexity index is 895. The minimum absolute atomic E-state index is 0.377. The zero-order chi connectivity index (χ0) is 17.9. The molecule has 1 N–H and O–H groups in total. The first-order valence-electron chi connectivity index (χ1n) is 8.86. The molecule has 0 spiro atoms. The van der Waals surface area contributed by atoms with Crippen molar-refractivity contribution in [3.05, 3.63) is 41.9 Å². The van der Waals surface area contributed by atoms with E-state index < -0.39 is 0 Å². The van der Waals surface area contributed by atoms with Gasteiger partial charge in [-0.1, -0.05) is 0 Å². The largest absolute Gasteiger partial charge is 0.497 e. The predicted molar refractivity (Wildman–Crippen MR) is 98.5 cm³/mol. The lowest BCUT2D eigenvalue weighted by atomic mass is 9.94. The van der Waals surface area contributed by atoms with Gasteiger partial charge >= 0.3 is 0 Å². The Morgan fingerprint density at radius 3 is 2.92 bits per heavy atom. The number of hydrogen-bond acceptors (Lipinski definition) is 6. The number of methoxy groups -OCH3 is 2. The van der Waals surface area contributed by atoms with Crippen molar-refractivity contribution < 1.29 is 9.47 Å². The highest BCUT2D eigenvalue weighted by Crippen LogP contribution is 2.31. The highest BCUT2D eigenvalue weighted by molar-refractivity contribution is 5.72. The van der Waals surface area contributed by atoms with Crippen LogP contribution in [0.25, 0.3) is 11.2 Å². The summed E-state index contributed by atoms with van der Waals surface area (Å²) in [5.74, 6) is 2.12. The summed E-state index contributed by atoms with van der Waals surface area (Å²) in [7, 11) is 3.40. The third-order valence-electron chi connectivity index (χ3n) is 5.01. The molecule has 3 heterocycles. The van der Waals surface area contributed by atoms with E-state index in [0.717, 1.165) is 60.7 Å². The molecular weight excluding hydrogens is 330 g/mol. The quantitative estimate of drug-likeness (QED) is 0.760. The second-order valence-corrected chi connectivity index (χ2v) is 6.62. The second kappa shape index (κ2) is 7.29. The van der Waals surface area contributed by atoms with Crippen LogP contribution in [0.3, 0.4) is 0 Å². The molecule has 1 aliphatic rings. The van der Waals surface area contributed by atoms with Crippen molar-refractivity contribution in [2.24, 2.45) is 0 Å². The predicted octanol–water partition coefficient (Wildman–Crippen LogP) is 2.75. The Morgan fingerprint density at radius 2 is 2.08 bits per heavy atom. The van der Waals surface area contributed by atoms with Gasteiger partial charge in [0.05, 0.1) is 19.9 Å². The van der Waals surface area contributed by atoms with E-state index in [9.17, 15) is 0 Å². The van der Waals surface area contributed by atoms with Gasteiger partial charge in [-0.05, 0) is 37.6 Å². The molecule has 0 radical (unpaired) electrons. The molecule has 1 fully saturated rings. The van der Waals surface area contributed by atoms with Crippen LogP contribution in [-0.2, 0) is 6.54 Å². The number of aromatic amines is 1. The Morgan fingerprint density at radius 1 is 1.19 bits per heavy atom. The first-order chi connectivity index (χ1) is 12.8. The second-order valence-electron chi connectivity index (χ2n) is 6.62. The summed E-state index contributed by atoms with van der Waals surface area (Å²) in [6, 6.07) is 5.95. The lowest BCUT2D eigenvalue weighted by Gasteiger charge is -2.32. The van der Waals surface area contributed by atoms with Crippen molar-refractivity contribution in [2.45, 2.75) is 25.3 Å². The number of aromatic nitrogens is 4. The molecule has 1 aromatic carbocycles. The molecule has 0 bridgehead atoms. The summed E-state index contributed by atoms with van der Waals surface area (Å²) >= 11 is 0. The summed E-state index contributed by atoms with van der Waals surface area (Å²) in [6.45, 7) is 2.84. The van der Waals surface area contributed by atoms with Crippen LogP contribution in [0.1, 0.15) is 30.0 Å². The number of hydrogen-bond donors (Lipinski definition) is 1. The maximum Gasteiger partial charge on any atom is 0.199 e. The number of nitrogens with zero attached hydrogens (tertiary/aromatic N) is 4. The van der Waals surface area contributed by atoms with E-state index in [-0.39, 0.29) is 0 Å². The van der Waals surface area contributed by atoms with E-state index in [4.69, 9.17) is 9.47 Å². The van der Waals surface area contributed by atoms with E-state index in [1.54, 1.807) is 26.6 Å². The maximum absolute atomic E-state index is 5.53. The lowest BCUT2D eigenvalue weighted by molar-refractivity contribution is 0.196. The molecule has 0 aliphatic carbocycles. The summed E-state index contributed by atoms with van der Waals surface area (Å²) in [6.07, 6.45) is 5.66. The molecule has 7 nitrogen and oxygen atoms in total. The minimum Gasteiger partial charge on any atom is -0.497 e. The number of piperidine rings is 1. The highest BCUT2D eigenvalue weighted by Gasteiger charge is 2.26. The van der Waals surface area contributed by atoms with Crippen LogP contribution >= 0.6 is 0 Å². The van der Waals surface area contributed by atoms with E-state index >= 15 is 0 Å². The molecule has 1 saturated heterocycles. The van der Waals surface area contributed by atoms with Crippen molar-refractivity contribution in [3.63, 3.8) is 0 Å². The number of benzene rings is 1. The van der Waals surface area contributed by atoms with Gasteiger partial charge in [-0.15, -0.1) is 0 Å². The number of ether oxygens (including phenoxy) is 2. The van der Waals surface area contributed by atoms with E-state index in [2.05, 4.69) is 31.1 Å². The highest BCUT2D eigenvalue weighted by atomic mass is 16.5. The smallest absolute Gasteiger partial charge is 0.199 e. The van der Waals surface area contributed by atoms with Crippen molar-refractivity contribution in [1.29, 1.82) is 0 Å². The van der Waals surface area contributed by atoms with E-state index in [1.807, 2.05) is 12.1 Å². The molecule has 7 heteroatoms. The average Bonchev–Trinajstić information content (AvgIpc) is 3.12. The molecular formula is C19H23N5O2. The van der Waals surface area contributed by atoms with E-state index in [1.165, 1.54) is 0 Å². The fourth-order valence-corrected chi connectivity index (χ4v) is 3.73. The van der Waals surface area contributed by atoms with Gasteiger partial charge in [-0.2, -0.15) is 5.10 Å². The number of nitrogens with one attached hydrogen (secondary N) is 1. The molecule has 0 amide bonds. The van der Waals surface area contributed by atoms with Gasteiger partial charge in [0, 0.05) is 37.0 Å². The first kappa shape index (κ1) is 16.8. The van der Waals surface area contributed by atoms with Gasteiger partial charge < -0.3 is 9.47 Å². The van der Waals surface area contributed by atoms with Crippen molar-refractivity contribution >= 4 is 11.2 Å². The molecule has 2 aromatic heterocycles. The molecule has 1 unspecified atom stereocenters. The van der Waals surface area contributed by atoms with Gasteiger partial charge in [0.2, 0.25) is 0 Å². The SMILES string of the molecule is COc1ccc(OC)c(CN2CCCC(c3[nH]nc4nccnc34)C2)c1. The molecule has 136 valence electrons. The number of likely N-dealkylation sites (tertiary alicyclic amines) is 1. The van der Waals surface area contributed by atoms with Gasteiger partial charge in [-0.3, -0.25) is 10.00 Å². The van der Waals surface area contributed by atoms with Gasteiger partial charge in [0.1, 0.15) is 17.0 Å². The molecule has 1 atom stereocenters. The molecule has 26 heavy (non-hydrogen) atoms.